The van der Waals surface area contributed by atoms with E-state index in [1.165, 1.54) is 21.9 Å². The van der Waals surface area contributed by atoms with E-state index in [0.717, 1.165) is 30.4 Å². The molecule has 0 radical (unpaired) electrons. The number of nitrogens with two attached hydrogens (primary N) is 1. The van der Waals surface area contributed by atoms with Gasteiger partial charge in [0, 0.05) is 28.5 Å². The van der Waals surface area contributed by atoms with Gasteiger partial charge in [0.2, 0.25) is 0 Å². The Hall–Kier alpha value is -2.78. The highest BCUT2D eigenvalue weighted by molar-refractivity contribution is 5.88. The Labute approximate surface area is 153 Å². The van der Waals surface area contributed by atoms with Crippen molar-refractivity contribution in [3.8, 4) is 5.75 Å². The van der Waals surface area contributed by atoms with Crippen LogP contribution in [0.5, 0.6) is 5.75 Å². The van der Waals surface area contributed by atoms with E-state index in [9.17, 15) is 0 Å². The summed E-state index contributed by atoms with van der Waals surface area (Å²) in [5, 5.41) is 3.65. The SMILES string of the molecule is NC(CCCc1c[nH]c2ccccc12)COc1cccc2ccccc12. The fourth-order valence-corrected chi connectivity index (χ4v) is 3.49. The molecule has 0 saturated carbocycles. The number of H-pyrrole nitrogens is 1. The van der Waals surface area contributed by atoms with E-state index in [1.807, 2.05) is 24.3 Å². The maximum Gasteiger partial charge on any atom is 0.127 e. The molecule has 0 aliphatic carbocycles. The second kappa shape index (κ2) is 7.63. The number of fused-ring (bicyclic) bond motifs is 2. The lowest BCUT2D eigenvalue weighted by atomic mass is 10.0. The van der Waals surface area contributed by atoms with Gasteiger partial charge in [0.05, 0.1) is 0 Å². The third-order valence-corrected chi connectivity index (χ3v) is 4.90. The van der Waals surface area contributed by atoms with E-state index in [2.05, 4.69) is 53.6 Å². The average Bonchev–Trinajstić information content (AvgIpc) is 3.09. The van der Waals surface area contributed by atoms with Crippen molar-refractivity contribution >= 4 is 21.7 Å². The van der Waals surface area contributed by atoms with Crippen LogP contribution in [0.1, 0.15) is 18.4 Å². The van der Waals surface area contributed by atoms with Crippen molar-refractivity contribution in [1.82, 2.24) is 4.98 Å². The van der Waals surface area contributed by atoms with Crippen LogP contribution in [-0.4, -0.2) is 17.6 Å². The summed E-state index contributed by atoms with van der Waals surface area (Å²) < 4.78 is 6.01. The number of nitrogens with one attached hydrogen (secondary N) is 1. The van der Waals surface area contributed by atoms with E-state index < -0.39 is 0 Å². The minimum Gasteiger partial charge on any atom is -0.491 e. The maximum absolute atomic E-state index is 6.28. The first-order valence-electron chi connectivity index (χ1n) is 9.22. The molecule has 3 heteroatoms. The number of hydrogen-bond donors (Lipinski definition) is 2. The fourth-order valence-electron chi connectivity index (χ4n) is 3.49. The van der Waals surface area contributed by atoms with Crippen LogP contribution in [0.4, 0.5) is 0 Å². The molecule has 132 valence electrons. The van der Waals surface area contributed by atoms with Crippen molar-refractivity contribution in [3.05, 3.63) is 78.5 Å². The fraction of sp³-hybridized carbons (Fsp3) is 0.217. The molecule has 0 spiro atoms. The van der Waals surface area contributed by atoms with Crippen LogP contribution in [0.25, 0.3) is 21.7 Å². The van der Waals surface area contributed by atoms with Gasteiger partial charge in [-0.25, -0.2) is 0 Å². The van der Waals surface area contributed by atoms with Crippen LogP contribution in [0.3, 0.4) is 0 Å². The average molecular weight is 344 g/mol. The minimum absolute atomic E-state index is 0.0409. The highest BCUT2D eigenvalue weighted by atomic mass is 16.5. The largest absolute Gasteiger partial charge is 0.491 e. The first-order chi connectivity index (χ1) is 12.8. The number of aryl methyl sites for hydroxylation is 1. The summed E-state index contributed by atoms with van der Waals surface area (Å²) >= 11 is 0. The summed E-state index contributed by atoms with van der Waals surface area (Å²) in [6.45, 7) is 0.544. The summed E-state index contributed by atoms with van der Waals surface area (Å²) in [6.07, 6.45) is 5.15. The minimum atomic E-state index is 0.0409. The van der Waals surface area contributed by atoms with Gasteiger partial charge < -0.3 is 15.5 Å². The molecule has 0 aliphatic rings. The van der Waals surface area contributed by atoms with E-state index in [0.29, 0.717) is 6.61 Å². The lowest BCUT2D eigenvalue weighted by Gasteiger charge is -2.14. The second-order valence-corrected chi connectivity index (χ2v) is 6.80. The first-order valence-corrected chi connectivity index (χ1v) is 9.22. The third kappa shape index (κ3) is 3.58. The van der Waals surface area contributed by atoms with Gasteiger partial charge in [-0.3, -0.25) is 0 Å². The lowest BCUT2D eigenvalue weighted by molar-refractivity contribution is 0.283. The summed E-state index contributed by atoms with van der Waals surface area (Å²) in [5.74, 6) is 0.912. The van der Waals surface area contributed by atoms with Crippen LogP contribution in [0.15, 0.2) is 72.9 Å². The Morgan fingerprint density at radius 3 is 2.58 bits per heavy atom. The standard InChI is InChI=1S/C23H24N2O/c24-19(10-5-9-18-15-25-22-13-4-3-11-20(18)22)16-26-23-14-6-8-17-7-1-2-12-21(17)23/h1-4,6-8,11-15,19,25H,5,9-10,16,24H2. The highest BCUT2D eigenvalue weighted by Gasteiger charge is 2.08. The van der Waals surface area contributed by atoms with E-state index >= 15 is 0 Å². The molecule has 1 aromatic heterocycles. The zero-order valence-electron chi connectivity index (χ0n) is 14.8. The van der Waals surface area contributed by atoms with Crippen LogP contribution >= 0.6 is 0 Å². The Balaban J connectivity index is 1.31. The van der Waals surface area contributed by atoms with Crippen LogP contribution in [0.2, 0.25) is 0 Å². The summed E-state index contributed by atoms with van der Waals surface area (Å²) in [6, 6.07) is 22.9. The number of benzene rings is 3. The number of aromatic amines is 1. The zero-order valence-corrected chi connectivity index (χ0v) is 14.8. The summed E-state index contributed by atoms with van der Waals surface area (Å²) in [4.78, 5) is 3.33. The molecule has 3 aromatic carbocycles. The van der Waals surface area contributed by atoms with Crippen molar-refractivity contribution in [2.24, 2.45) is 5.73 Å². The van der Waals surface area contributed by atoms with Crippen molar-refractivity contribution in [3.63, 3.8) is 0 Å². The van der Waals surface area contributed by atoms with Gasteiger partial charge in [-0.05, 0) is 42.3 Å². The van der Waals surface area contributed by atoms with E-state index in [-0.39, 0.29) is 6.04 Å². The molecule has 26 heavy (non-hydrogen) atoms. The molecule has 1 atom stereocenters. The highest BCUT2D eigenvalue weighted by Crippen LogP contribution is 2.25. The molecule has 3 N–H and O–H groups in total. The Morgan fingerprint density at radius 2 is 1.65 bits per heavy atom. The summed E-state index contributed by atoms with van der Waals surface area (Å²) in [7, 11) is 0. The molecule has 1 heterocycles. The maximum atomic E-state index is 6.28. The number of hydrogen-bond acceptors (Lipinski definition) is 2. The summed E-state index contributed by atoms with van der Waals surface area (Å²) in [5.41, 5.74) is 8.85. The molecule has 0 aliphatic heterocycles. The van der Waals surface area contributed by atoms with Crippen molar-refractivity contribution < 1.29 is 4.74 Å². The van der Waals surface area contributed by atoms with Crippen LogP contribution in [0, 0.1) is 0 Å². The van der Waals surface area contributed by atoms with Gasteiger partial charge in [-0.15, -0.1) is 0 Å². The normalized spacial score (nSPS) is 12.5. The molecule has 0 fully saturated rings. The Kier molecular flexibility index (Phi) is 4.89. The lowest BCUT2D eigenvalue weighted by Crippen LogP contribution is -2.27. The molecule has 3 nitrogen and oxygen atoms in total. The molecular formula is C23H24N2O. The van der Waals surface area contributed by atoms with E-state index in [4.69, 9.17) is 10.5 Å². The molecule has 0 bridgehead atoms. The van der Waals surface area contributed by atoms with Crippen molar-refractivity contribution in [2.75, 3.05) is 6.61 Å². The number of ether oxygens (including phenoxy) is 1. The molecule has 0 saturated heterocycles. The Bertz CT molecular complexity index is 1000. The van der Waals surface area contributed by atoms with Gasteiger partial charge in [0.15, 0.2) is 0 Å². The van der Waals surface area contributed by atoms with Crippen molar-refractivity contribution in [2.45, 2.75) is 25.3 Å². The van der Waals surface area contributed by atoms with Crippen LogP contribution in [-0.2, 0) is 6.42 Å². The number of para-hydroxylation sites is 1. The monoisotopic (exact) mass is 344 g/mol. The predicted molar refractivity (Wildman–Crippen MR) is 109 cm³/mol. The topological polar surface area (TPSA) is 51.0 Å². The zero-order chi connectivity index (χ0) is 17.8. The number of rotatable bonds is 7. The molecule has 4 aromatic rings. The third-order valence-electron chi connectivity index (χ3n) is 4.90. The van der Waals surface area contributed by atoms with Gasteiger partial charge in [0.25, 0.3) is 0 Å². The van der Waals surface area contributed by atoms with Crippen molar-refractivity contribution in [1.29, 1.82) is 0 Å². The van der Waals surface area contributed by atoms with Gasteiger partial charge in [0.1, 0.15) is 12.4 Å². The van der Waals surface area contributed by atoms with Gasteiger partial charge >= 0.3 is 0 Å². The molecule has 4 rings (SSSR count). The first kappa shape index (κ1) is 16.7. The smallest absolute Gasteiger partial charge is 0.127 e. The molecule has 0 amide bonds. The quantitative estimate of drug-likeness (QED) is 0.493. The van der Waals surface area contributed by atoms with Gasteiger partial charge in [-0.1, -0.05) is 54.6 Å². The number of aromatic nitrogens is 1. The van der Waals surface area contributed by atoms with Crippen LogP contribution < -0.4 is 10.5 Å². The Morgan fingerprint density at radius 1 is 0.885 bits per heavy atom. The van der Waals surface area contributed by atoms with Gasteiger partial charge in [-0.2, -0.15) is 0 Å². The second-order valence-electron chi connectivity index (χ2n) is 6.80. The predicted octanol–water partition coefficient (Wildman–Crippen LogP) is 5.05. The molecule has 1 unspecified atom stereocenters. The molecular weight excluding hydrogens is 320 g/mol. The van der Waals surface area contributed by atoms with E-state index in [1.54, 1.807) is 0 Å².